The Morgan fingerprint density at radius 2 is 1.94 bits per heavy atom. The Morgan fingerprint density at radius 1 is 1.18 bits per heavy atom. The number of aryl methyl sites for hydroxylation is 1. The molecule has 0 fully saturated rings. The van der Waals surface area contributed by atoms with Crippen LogP contribution < -0.4 is 5.32 Å². The molecule has 2 aromatic rings. The molecule has 0 aliphatic heterocycles. The number of hydrogen-bond donors (Lipinski definition) is 1. The number of anilines is 1. The van der Waals surface area contributed by atoms with E-state index in [1.807, 2.05) is 13.8 Å². The van der Waals surface area contributed by atoms with E-state index in [1.54, 1.807) is 6.07 Å². The Kier molecular flexibility index (Phi) is 3.22. The lowest BCUT2D eigenvalue weighted by atomic mass is 10.1. The Bertz CT molecular complexity index is 553. The zero-order valence-corrected chi connectivity index (χ0v) is 9.85. The van der Waals surface area contributed by atoms with Crippen LogP contribution in [0.15, 0.2) is 18.2 Å². The van der Waals surface area contributed by atoms with Gasteiger partial charge in [0.1, 0.15) is 17.5 Å². The molecule has 2 rings (SSSR count). The number of nitrogens with one attached hydrogen (secondary N) is 1. The molecule has 1 aromatic carbocycles. The third-order valence-corrected chi connectivity index (χ3v) is 2.65. The van der Waals surface area contributed by atoms with Gasteiger partial charge in [-0.1, -0.05) is 6.92 Å². The summed E-state index contributed by atoms with van der Waals surface area (Å²) in [6.45, 7) is 4.66. The van der Waals surface area contributed by atoms with Gasteiger partial charge in [0.15, 0.2) is 0 Å². The maximum Gasteiger partial charge on any atom is 0.135 e. The van der Waals surface area contributed by atoms with Gasteiger partial charge in [-0.2, -0.15) is 0 Å². The zero-order chi connectivity index (χ0) is 12.4. The van der Waals surface area contributed by atoms with E-state index in [9.17, 15) is 8.78 Å². The van der Waals surface area contributed by atoms with E-state index in [1.165, 1.54) is 6.07 Å². The summed E-state index contributed by atoms with van der Waals surface area (Å²) >= 11 is 0. The number of halogens is 2. The number of pyridine rings is 1. The molecule has 0 aliphatic rings. The van der Waals surface area contributed by atoms with Crippen LogP contribution in [0.25, 0.3) is 10.9 Å². The molecular weight excluding hydrogens is 222 g/mol. The van der Waals surface area contributed by atoms with E-state index < -0.39 is 11.6 Å². The fraction of sp³-hybridized carbons (Fsp3) is 0.308. The van der Waals surface area contributed by atoms with Gasteiger partial charge >= 0.3 is 0 Å². The lowest BCUT2D eigenvalue weighted by Crippen LogP contribution is -2.04. The predicted molar refractivity (Wildman–Crippen MR) is 65.2 cm³/mol. The third kappa shape index (κ3) is 2.20. The van der Waals surface area contributed by atoms with Crippen molar-refractivity contribution in [3.8, 4) is 0 Å². The first kappa shape index (κ1) is 11.8. The molecule has 1 heterocycles. The first-order valence-electron chi connectivity index (χ1n) is 5.68. The maximum absolute atomic E-state index is 13.6. The van der Waals surface area contributed by atoms with Crippen LogP contribution in [0.5, 0.6) is 0 Å². The van der Waals surface area contributed by atoms with Crippen molar-refractivity contribution >= 4 is 16.7 Å². The molecule has 4 heteroatoms. The van der Waals surface area contributed by atoms with Gasteiger partial charge in [-0.15, -0.1) is 0 Å². The zero-order valence-electron chi connectivity index (χ0n) is 9.85. The molecule has 0 spiro atoms. The number of fused-ring (bicyclic) bond motifs is 1. The molecule has 0 saturated carbocycles. The minimum absolute atomic E-state index is 0.343. The van der Waals surface area contributed by atoms with E-state index in [-0.39, 0.29) is 0 Å². The molecule has 1 aromatic heterocycles. The first-order valence-corrected chi connectivity index (χ1v) is 5.68. The number of benzene rings is 1. The predicted octanol–water partition coefficient (Wildman–Crippen LogP) is 3.51. The highest BCUT2D eigenvalue weighted by Crippen LogP contribution is 2.24. The number of nitrogens with zero attached hydrogens (tertiary/aromatic N) is 1. The third-order valence-electron chi connectivity index (χ3n) is 2.65. The summed E-state index contributed by atoms with van der Waals surface area (Å²) in [5, 5.41) is 3.47. The van der Waals surface area contributed by atoms with Crippen molar-refractivity contribution in [3.05, 3.63) is 35.4 Å². The fourth-order valence-corrected chi connectivity index (χ4v) is 1.83. The normalized spacial score (nSPS) is 10.8. The van der Waals surface area contributed by atoms with Crippen LogP contribution in [0.1, 0.15) is 19.4 Å². The summed E-state index contributed by atoms with van der Waals surface area (Å²) in [7, 11) is 0. The molecule has 0 amide bonds. The lowest BCUT2D eigenvalue weighted by Gasteiger charge is -2.10. The molecule has 17 heavy (non-hydrogen) atoms. The van der Waals surface area contributed by atoms with Gasteiger partial charge in [0.05, 0.1) is 5.52 Å². The van der Waals surface area contributed by atoms with E-state index in [4.69, 9.17) is 0 Å². The van der Waals surface area contributed by atoms with Crippen LogP contribution in [0.2, 0.25) is 0 Å². The summed E-state index contributed by atoms with van der Waals surface area (Å²) in [5.41, 5.74) is 1.28. The number of hydrogen-bond acceptors (Lipinski definition) is 2. The van der Waals surface area contributed by atoms with Gasteiger partial charge in [0, 0.05) is 24.1 Å². The van der Waals surface area contributed by atoms with Crippen LogP contribution in [0.4, 0.5) is 14.6 Å². The van der Waals surface area contributed by atoms with Crippen LogP contribution in [0.3, 0.4) is 0 Å². The van der Waals surface area contributed by atoms with E-state index in [2.05, 4.69) is 10.3 Å². The second-order valence-corrected chi connectivity index (χ2v) is 3.83. The van der Waals surface area contributed by atoms with Gasteiger partial charge in [-0.3, -0.25) is 0 Å². The van der Waals surface area contributed by atoms with Crippen molar-refractivity contribution in [2.75, 3.05) is 11.9 Å². The molecular formula is C13H14F2N2. The van der Waals surface area contributed by atoms with E-state index in [0.717, 1.165) is 24.6 Å². The average Bonchev–Trinajstić information content (AvgIpc) is 2.28. The molecule has 1 N–H and O–H groups in total. The Hall–Kier alpha value is -1.71. The van der Waals surface area contributed by atoms with Gasteiger partial charge in [-0.25, -0.2) is 13.8 Å². The first-order chi connectivity index (χ1) is 8.15. The summed E-state index contributed by atoms with van der Waals surface area (Å²) in [6, 6.07) is 3.87. The SMILES string of the molecule is CCNc1nc2cc(F)cc(F)c2cc1CC. The van der Waals surface area contributed by atoms with E-state index >= 15 is 0 Å². The standard InChI is InChI=1S/C13H14F2N2/c1-3-8-5-10-11(15)6-9(14)7-12(10)17-13(8)16-4-2/h5-7H,3-4H2,1-2H3,(H,16,17). The van der Waals surface area contributed by atoms with Crippen molar-refractivity contribution < 1.29 is 8.78 Å². The van der Waals surface area contributed by atoms with Gasteiger partial charge in [0.2, 0.25) is 0 Å². The molecule has 0 atom stereocenters. The van der Waals surface area contributed by atoms with Crippen molar-refractivity contribution in [1.29, 1.82) is 0 Å². The van der Waals surface area contributed by atoms with Gasteiger partial charge in [0.25, 0.3) is 0 Å². The Morgan fingerprint density at radius 3 is 2.59 bits per heavy atom. The highest BCUT2D eigenvalue weighted by molar-refractivity contribution is 5.82. The van der Waals surface area contributed by atoms with Crippen LogP contribution >= 0.6 is 0 Å². The van der Waals surface area contributed by atoms with Crippen molar-refractivity contribution in [2.45, 2.75) is 20.3 Å². The molecule has 0 aliphatic carbocycles. The fourth-order valence-electron chi connectivity index (χ4n) is 1.83. The molecule has 2 nitrogen and oxygen atoms in total. The lowest BCUT2D eigenvalue weighted by molar-refractivity contribution is 0.591. The topological polar surface area (TPSA) is 24.9 Å². The second kappa shape index (κ2) is 4.65. The summed E-state index contributed by atoms with van der Waals surface area (Å²) in [5.74, 6) is -0.466. The highest BCUT2D eigenvalue weighted by Gasteiger charge is 2.09. The minimum Gasteiger partial charge on any atom is -0.370 e. The van der Waals surface area contributed by atoms with Crippen LogP contribution in [-0.4, -0.2) is 11.5 Å². The smallest absolute Gasteiger partial charge is 0.135 e. The monoisotopic (exact) mass is 236 g/mol. The summed E-state index contributed by atoms with van der Waals surface area (Å²) < 4.78 is 26.7. The number of aromatic nitrogens is 1. The molecule has 90 valence electrons. The highest BCUT2D eigenvalue weighted by atomic mass is 19.1. The van der Waals surface area contributed by atoms with Crippen LogP contribution in [0, 0.1) is 11.6 Å². The minimum atomic E-state index is -0.603. The maximum atomic E-state index is 13.6. The second-order valence-electron chi connectivity index (χ2n) is 3.83. The van der Waals surface area contributed by atoms with Gasteiger partial charge < -0.3 is 5.32 Å². The quantitative estimate of drug-likeness (QED) is 0.882. The van der Waals surface area contributed by atoms with Gasteiger partial charge in [-0.05, 0) is 25.0 Å². The van der Waals surface area contributed by atoms with Crippen molar-refractivity contribution in [1.82, 2.24) is 4.98 Å². The molecule has 0 unspecified atom stereocenters. The number of rotatable bonds is 3. The Labute approximate surface area is 98.7 Å². The van der Waals surface area contributed by atoms with E-state index in [0.29, 0.717) is 16.7 Å². The Balaban J connectivity index is 2.69. The molecule has 0 radical (unpaired) electrons. The molecule has 0 bridgehead atoms. The van der Waals surface area contributed by atoms with Crippen LogP contribution in [-0.2, 0) is 6.42 Å². The average molecular weight is 236 g/mol. The van der Waals surface area contributed by atoms with Crippen molar-refractivity contribution in [3.63, 3.8) is 0 Å². The van der Waals surface area contributed by atoms with Crippen molar-refractivity contribution in [2.24, 2.45) is 0 Å². The summed E-state index contributed by atoms with van der Waals surface area (Å²) in [6.07, 6.45) is 0.752. The summed E-state index contributed by atoms with van der Waals surface area (Å²) in [4.78, 5) is 4.27. The molecule has 0 saturated heterocycles. The largest absolute Gasteiger partial charge is 0.370 e.